The van der Waals surface area contributed by atoms with E-state index in [4.69, 9.17) is 0 Å². The van der Waals surface area contributed by atoms with E-state index in [2.05, 4.69) is 35.9 Å². The van der Waals surface area contributed by atoms with Gasteiger partial charge in [0.25, 0.3) is 0 Å². The molecule has 0 bridgehead atoms. The first-order chi connectivity index (χ1) is 9.04. The summed E-state index contributed by atoms with van der Waals surface area (Å²) in [4.78, 5) is 16.6. The predicted octanol–water partition coefficient (Wildman–Crippen LogP) is 1.46. The Hall–Kier alpha value is -0.610. The Labute approximate surface area is 117 Å². The second-order valence-corrected chi connectivity index (χ2v) is 6.47. The van der Waals surface area contributed by atoms with Crippen molar-refractivity contribution in [2.24, 2.45) is 0 Å². The number of amides is 1. The Morgan fingerprint density at radius 2 is 1.95 bits per heavy atom. The smallest absolute Gasteiger partial charge is 0.222 e. The number of hydrogen-bond donors (Lipinski definition) is 1. The monoisotopic (exact) mass is 267 g/mol. The normalized spacial score (nSPS) is 27.7. The average Bonchev–Trinajstić information content (AvgIpc) is 2.76. The van der Waals surface area contributed by atoms with Gasteiger partial charge in [0.1, 0.15) is 0 Å². The number of rotatable bonds is 4. The largest absolute Gasteiger partial charge is 0.340 e. The third kappa shape index (κ3) is 3.48. The second kappa shape index (κ2) is 6.23. The van der Waals surface area contributed by atoms with Crippen LogP contribution in [0.1, 0.15) is 46.5 Å². The number of nitrogens with one attached hydrogen (secondary N) is 1. The summed E-state index contributed by atoms with van der Waals surface area (Å²) in [6, 6.07) is 0.625. The minimum atomic E-state index is 0.217. The van der Waals surface area contributed by atoms with Crippen LogP contribution in [0.25, 0.3) is 0 Å². The topological polar surface area (TPSA) is 35.6 Å². The van der Waals surface area contributed by atoms with Crippen LogP contribution < -0.4 is 5.32 Å². The summed E-state index contributed by atoms with van der Waals surface area (Å²) in [6.07, 6.45) is 4.09. The maximum absolute atomic E-state index is 12.0. The number of carbonyl (C=O) groups is 1. The van der Waals surface area contributed by atoms with Crippen LogP contribution in [0, 0.1) is 0 Å². The molecule has 1 unspecified atom stereocenters. The molecule has 0 aromatic heterocycles. The highest BCUT2D eigenvalue weighted by Gasteiger charge is 2.39. The molecule has 0 radical (unpaired) electrons. The molecular formula is C15H29N3O. The highest BCUT2D eigenvalue weighted by molar-refractivity contribution is 5.76. The molecule has 0 aliphatic carbocycles. The average molecular weight is 267 g/mol. The Kier molecular flexibility index (Phi) is 4.85. The molecule has 2 aliphatic rings. The fourth-order valence-corrected chi connectivity index (χ4v) is 3.42. The molecule has 4 heteroatoms. The third-order valence-electron chi connectivity index (χ3n) is 4.68. The van der Waals surface area contributed by atoms with E-state index in [0.717, 1.165) is 52.0 Å². The molecule has 1 N–H and O–H groups in total. The molecule has 2 saturated heterocycles. The van der Waals surface area contributed by atoms with Crippen LogP contribution in [-0.2, 0) is 4.79 Å². The highest BCUT2D eigenvalue weighted by Crippen LogP contribution is 2.25. The fourth-order valence-electron chi connectivity index (χ4n) is 3.42. The van der Waals surface area contributed by atoms with Gasteiger partial charge in [-0.2, -0.15) is 0 Å². The van der Waals surface area contributed by atoms with Crippen molar-refractivity contribution in [3.63, 3.8) is 0 Å². The number of carbonyl (C=O) groups excluding carboxylic acids is 1. The van der Waals surface area contributed by atoms with E-state index < -0.39 is 0 Å². The van der Waals surface area contributed by atoms with Crippen LogP contribution in [0.4, 0.5) is 0 Å². The van der Waals surface area contributed by atoms with Gasteiger partial charge in [0.15, 0.2) is 0 Å². The Balaban J connectivity index is 1.81. The maximum atomic E-state index is 12.0. The zero-order valence-corrected chi connectivity index (χ0v) is 12.7. The summed E-state index contributed by atoms with van der Waals surface area (Å²) in [6.45, 7) is 11.7. The standard InChI is InChI=1S/C15H29N3O/c1-4-5-6-14(19)18-11-9-17(10-12-18)13-7-8-16-15(13,2)3/h13,16H,4-12H2,1-3H3. The summed E-state index contributed by atoms with van der Waals surface area (Å²) < 4.78 is 0. The van der Waals surface area contributed by atoms with Gasteiger partial charge < -0.3 is 10.2 Å². The van der Waals surface area contributed by atoms with Crippen molar-refractivity contribution in [3.8, 4) is 0 Å². The summed E-state index contributed by atoms with van der Waals surface area (Å²) in [5.41, 5.74) is 0.217. The molecule has 0 saturated carbocycles. The van der Waals surface area contributed by atoms with Gasteiger partial charge in [-0.3, -0.25) is 9.69 Å². The van der Waals surface area contributed by atoms with Crippen molar-refractivity contribution in [1.29, 1.82) is 0 Å². The fraction of sp³-hybridized carbons (Fsp3) is 0.933. The van der Waals surface area contributed by atoms with Crippen LogP contribution in [0.15, 0.2) is 0 Å². The van der Waals surface area contributed by atoms with Crippen molar-refractivity contribution >= 4 is 5.91 Å². The van der Waals surface area contributed by atoms with E-state index >= 15 is 0 Å². The zero-order chi connectivity index (χ0) is 13.9. The van der Waals surface area contributed by atoms with Crippen LogP contribution >= 0.6 is 0 Å². The summed E-state index contributed by atoms with van der Waals surface area (Å²) in [5.74, 6) is 0.352. The number of nitrogens with zero attached hydrogens (tertiary/aromatic N) is 2. The quantitative estimate of drug-likeness (QED) is 0.837. The first-order valence-corrected chi connectivity index (χ1v) is 7.81. The molecule has 1 amide bonds. The van der Waals surface area contributed by atoms with Gasteiger partial charge in [-0.1, -0.05) is 13.3 Å². The minimum absolute atomic E-state index is 0.217. The molecule has 0 spiro atoms. The lowest BCUT2D eigenvalue weighted by molar-refractivity contribution is -0.133. The van der Waals surface area contributed by atoms with E-state index in [9.17, 15) is 4.79 Å². The first-order valence-electron chi connectivity index (χ1n) is 7.81. The van der Waals surface area contributed by atoms with Crippen molar-refractivity contribution in [1.82, 2.24) is 15.1 Å². The Morgan fingerprint density at radius 3 is 2.47 bits per heavy atom. The van der Waals surface area contributed by atoms with Gasteiger partial charge in [0.05, 0.1) is 0 Å². The molecule has 110 valence electrons. The van der Waals surface area contributed by atoms with Gasteiger partial charge in [-0.15, -0.1) is 0 Å². The molecule has 1 atom stereocenters. The number of hydrogen-bond acceptors (Lipinski definition) is 3. The summed E-state index contributed by atoms with van der Waals surface area (Å²) >= 11 is 0. The summed E-state index contributed by atoms with van der Waals surface area (Å²) in [5, 5.41) is 3.58. The van der Waals surface area contributed by atoms with E-state index in [-0.39, 0.29) is 5.54 Å². The Bertz CT molecular complexity index is 309. The lowest BCUT2D eigenvalue weighted by Gasteiger charge is -2.42. The molecule has 2 heterocycles. The third-order valence-corrected chi connectivity index (χ3v) is 4.68. The lowest BCUT2D eigenvalue weighted by Crippen LogP contribution is -2.57. The maximum Gasteiger partial charge on any atom is 0.222 e. The van der Waals surface area contributed by atoms with Crippen LogP contribution in [0.3, 0.4) is 0 Å². The van der Waals surface area contributed by atoms with E-state index in [1.54, 1.807) is 0 Å². The van der Waals surface area contributed by atoms with Crippen LogP contribution in [-0.4, -0.2) is 60.0 Å². The minimum Gasteiger partial charge on any atom is -0.340 e. The highest BCUT2D eigenvalue weighted by atomic mass is 16.2. The van der Waals surface area contributed by atoms with Crippen molar-refractivity contribution in [2.75, 3.05) is 32.7 Å². The molecule has 19 heavy (non-hydrogen) atoms. The molecule has 4 nitrogen and oxygen atoms in total. The lowest BCUT2D eigenvalue weighted by atomic mass is 9.94. The van der Waals surface area contributed by atoms with Gasteiger partial charge >= 0.3 is 0 Å². The van der Waals surface area contributed by atoms with Crippen LogP contribution in [0.2, 0.25) is 0 Å². The molecule has 2 aliphatic heterocycles. The summed E-state index contributed by atoms with van der Waals surface area (Å²) in [7, 11) is 0. The van der Waals surface area contributed by atoms with E-state index in [1.807, 2.05) is 0 Å². The molecular weight excluding hydrogens is 238 g/mol. The number of unbranched alkanes of at least 4 members (excludes halogenated alkanes) is 1. The zero-order valence-electron chi connectivity index (χ0n) is 12.7. The first kappa shape index (κ1) is 14.8. The van der Waals surface area contributed by atoms with Crippen molar-refractivity contribution in [3.05, 3.63) is 0 Å². The van der Waals surface area contributed by atoms with Gasteiger partial charge in [-0.05, 0) is 33.2 Å². The van der Waals surface area contributed by atoms with Gasteiger partial charge in [0.2, 0.25) is 5.91 Å². The van der Waals surface area contributed by atoms with Gasteiger partial charge in [0, 0.05) is 44.2 Å². The predicted molar refractivity (Wildman–Crippen MR) is 78.2 cm³/mol. The van der Waals surface area contributed by atoms with Crippen molar-refractivity contribution in [2.45, 2.75) is 58.0 Å². The molecule has 2 rings (SSSR count). The molecule has 0 aromatic rings. The van der Waals surface area contributed by atoms with Crippen molar-refractivity contribution < 1.29 is 4.79 Å². The van der Waals surface area contributed by atoms with E-state index in [1.165, 1.54) is 6.42 Å². The second-order valence-electron chi connectivity index (χ2n) is 6.47. The van der Waals surface area contributed by atoms with Gasteiger partial charge in [-0.25, -0.2) is 0 Å². The number of piperazine rings is 1. The van der Waals surface area contributed by atoms with E-state index in [0.29, 0.717) is 11.9 Å². The molecule has 2 fully saturated rings. The SMILES string of the molecule is CCCCC(=O)N1CCN(C2CCNC2(C)C)CC1. The Morgan fingerprint density at radius 1 is 1.26 bits per heavy atom. The van der Waals surface area contributed by atoms with Crippen LogP contribution in [0.5, 0.6) is 0 Å². The molecule has 0 aromatic carbocycles.